The minimum atomic E-state index is 0.266. The van der Waals surface area contributed by atoms with Gasteiger partial charge in [-0.05, 0) is 25.5 Å². The first-order valence-electron chi connectivity index (χ1n) is 6.02. The van der Waals surface area contributed by atoms with Crippen LogP contribution in [-0.4, -0.2) is 12.6 Å². The molecule has 0 aliphatic carbocycles. The van der Waals surface area contributed by atoms with Crippen molar-refractivity contribution in [3.63, 3.8) is 0 Å². The fraction of sp³-hybridized carbons (Fsp3) is 0.692. The van der Waals surface area contributed by atoms with Gasteiger partial charge in [-0.3, -0.25) is 0 Å². The molecule has 1 N–H and O–H groups in total. The number of ether oxygens (including phenoxy) is 1. The van der Waals surface area contributed by atoms with Crippen molar-refractivity contribution in [1.29, 1.82) is 0 Å². The summed E-state index contributed by atoms with van der Waals surface area (Å²) in [5.41, 5.74) is 1.18. The van der Waals surface area contributed by atoms with E-state index in [1.807, 2.05) is 0 Å². The summed E-state index contributed by atoms with van der Waals surface area (Å²) in [6.45, 7) is 10.9. The highest BCUT2D eigenvalue weighted by Gasteiger charge is 2.09. The van der Waals surface area contributed by atoms with E-state index >= 15 is 0 Å². The summed E-state index contributed by atoms with van der Waals surface area (Å²) in [6.07, 6.45) is 2.06. The van der Waals surface area contributed by atoms with E-state index in [4.69, 9.17) is 9.15 Å². The Balaban J connectivity index is 2.34. The Morgan fingerprint density at radius 3 is 2.75 bits per heavy atom. The molecular formula is C13H23NO2. The molecule has 92 valence electrons. The highest BCUT2D eigenvalue weighted by atomic mass is 16.5. The van der Waals surface area contributed by atoms with Gasteiger partial charge in [-0.25, -0.2) is 0 Å². The second-order valence-corrected chi connectivity index (χ2v) is 4.46. The molecule has 3 nitrogen and oxygen atoms in total. The Bertz CT molecular complexity index is 294. The zero-order chi connectivity index (χ0) is 12.0. The standard InChI is InChI=1S/C13H23NO2/c1-5-14-7-12-6-13(16-8-12)9-15-11(4)10(2)3/h6,8,10-11,14H,5,7,9H2,1-4H3. The van der Waals surface area contributed by atoms with Gasteiger partial charge < -0.3 is 14.5 Å². The molecule has 0 amide bonds. The average Bonchev–Trinajstić information content (AvgIpc) is 2.70. The van der Waals surface area contributed by atoms with Crippen LogP contribution in [0.3, 0.4) is 0 Å². The summed E-state index contributed by atoms with van der Waals surface area (Å²) in [5.74, 6) is 1.44. The number of furan rings is 1. The second kappa shape index (κ2) is 6.71. The zero-order valence-electron chi connectivity index (χ0n) is 10.7. The Kier molecular flexibility index (Phi) is 5.56. The van der Waals surface area contributed by atoms with Gasteiger partial charge in [0.25, 0.3) is 0 Å². The molecule has 1 unspecified atom stereocenters. The predicted octanol–water partition coefficient (Wildman–Crippen LogP) is 2.95. The van der Waals surface area contributed by atoms with Crippen molar-refractivity contribution >= 4 is 0 Å². The minimum absolute atomic E-state index is 0.266. The van der Waals surface area contributed by atoms with Gasteiger partial charge in [0.2, 0.25) is 0 Å². The van der Waals surface area contributed by atoms with Crippen LogP contribution in [0, 0.1) is 5.92 Å². The number of hydrogen-bond acceptors (Lipinski definition) is 3. The van der Waals surface area contributed by atoms with Gasteiger partial charge in [-0.2, -0.15) is 0 Å². The maximum Gasteiger partial charge on any atom is 0.129 e. The summed E-state index contributed by atoms with van der Waals surface area (Å²) in [6, 6.07) is 2.05. The molecule has 0 radical (unpaired) electrons. The maximum absolute atomic E-state index is 5.69. The van der Waals surface area contributed by atoms with Crippen molar-refractivity contribution in [1.82, 2.24) is 5.32 Å². The molecule has 3 heteroatoms. The van der Waals surface area contributed by atoms with E-state index in [0.717, 1.165) is 18.8 Å². The Hall–Kier alpha value is -0.800. The predicted molar refractivity (Wildman–Crippen MR) is 65.2 cm³/mol. The van der Waals surface area contributed by atoms with Gasteiger partial charge in [-0.1, -0.05) is 20.8 Å². The summed E-state index contributed by atoms with van der Waals surface area (Å²) in [4.78, 5) is 0. The molecule has 1 rings (SSSR count). The zero-order valence-corrected chi connectivity index (χ0v) is 10.7. The summed E-state index contributed by atoms with van der Waals surface area (Å²) in [5, 5.41) is 3.26. The van der Waals surface area contributed by atoms with Crippen molar-refractivity contribution in [2.45, 2.75) is 47.0 Å². The summed E-state index contributed by atoms with van der Waals surface area (Å²) in [7, 11) is 0. The maximum atomic E-state index is 5.69. The topological polar surface area (TPSA) is 34.4 Å². The third-order valence-electron chi connectivity index (χ3n) is 2.71. The first-order chi connectivity index (χ1) is 7.63. The summed E-state index contributed by atoms with van der Waals surface area (Å²) < 4.78 is 11.1. The smallest absolute Gasteiger partial charge is 0.129 e. The van der Waals surface area contributed by atoms with Crippen LogP contribution in [0.4, 0.5) is 0 Å². The summed E-state index contributed by atoms with van der Waals surface area (Å²) >= 11 is 0. The number of rotatable bonds is 7. The molecule has 0 saturated carbocycles. The Morgan fingerprint density at radius 1 is 1.38 bits per heavy atom. The average molecular weight is 225 g/mol. The van der Waals surface area contributed by atoms with Crippen molar-refractivity contribution in [3.05, 3.63) is 23.7 Å². The molecule has 0 saturated heterocycles. The molecule has 0 spiro atoms. The van der Waals surface area contributed by atoms with Crippen molar-refractivity contribution < 1.29 is 9.15 Å². The van der Waals surface area contributed by atoms with Gasteiger partial charge in [0.05, 0.1) is 12.4 Å². The van der Waals surface area contributed by atoms with E-state index in [1.165, 1.54) is 5.56 Å². The van der Waals surface area contributed by atoms with Crippen molar-refractivity contribution in [3.8, 4) is 0 Å². The molecular weight excluding hydrogens is 202 g/mol. The van der Waals surface area contributed by atoms with Crippen LogP contribution >= 0.6 is 0 Å². The first-order valence-corrected chi connectivity index (χ1v) is 6.02. The number of hydrogen-bond donors (Lipinski definition) is 1. The number of nitrogens with one attached hydrogen (secondary N) is 1. The largest absolute Gasteiger partial charge is 0.467 e. The van der Waals surface area contributed by atoms with E-state index in [0.29, 0.717) is 12.5 Å². The van der Waals surface area contributed by atoms with Gasteiger partial charge in [0.15, 0.2) is 0 Å². The third kappa shape index (κ3) is 4.37. The Labute approximate surface area is 98.2 Å². The molecule has 1 atom stereocenters. The fourth-order valence-electron chi connectivity index (χ4n) is 1.27. The SMILES string of the molecule is CCNCc1coc(COC(C)C(C)C)c1. The molecule has 0 aromatic carbocycles. The van der Waals surface area contributed by atoms with E-state index in [-0.39, 0.29) is 6.10 Å². The van der Waals surface area contributed by atoms with E-state index in [2.05, 4.69) is 39.1 Å². The van der Waals surface area contributed by atoms with Crippen molar-refractivity contribution in [2.24, 2.45) is 5.92 Å². The molecule has 0 aliphatic heterocycles. The van der Waals surface area contributed by atoms with Gasteiger partial charge in [0.1, 0.15) is 12.4 Å². The van der Waals surface area contributed by atoms with Crippen LogP contribution in [0.25, 0.3) is 0 Å². The van der Waals surface area contributed by atoms with Crippen LogP contribution < -0.4 is 5.32 Å². The van der Waals surface area contributed by atoms with Crippen LogP contribution in [0.1, 0.15) is 39.0 Å². The van der Waals surface area contributed by atoms with Crippen LogP contribution in [0.5, 0.6) is 0 Å². The minimum Gasteiger partial charge on any atom is -0.467 e. The lowest BCUT2D eigenvalue weighted by molar-refractivity contribution is 0.0149. The molecule has 16 heavy (non-hydrogen) atoms. The third-order valence-corrected chi connectivity index (χ3v) is 2.71. The highest BCUT2D eigenvalue weighted by molar-refractivity contribution is 5.11. The monoisotopic (exact) mass is 225 g/mol. The molecule has 0 fully saturated rings. The lowest BCUT2D eigenvalue weighted by Crippen LogP contribution is -2.14. The van der Waals surface area contributed by atoms with Crippen LogP contribution in [0.15, 0.2) is 16.7 Å². The van der Waals surface area contributed by atoms with Gasteiger partial charge >= 0.3 is 0 Å². The fourth-order valence-corrected chi connectivity index (χ4v) is 1.27. The van der Waals surface area contributed by atoms with E-state index in [1.54, 1.807) is 6.26 Å². The lowest BCUT2D eigenvalue weighted by Gasteiger charge is -2.15. The van der Waals surface area contributed by atoms with Gasteiger partial charge in [-0.15, -0.1) is 0 Å². The van der Waals surface area contributed by atoms with E-state index in [9.17, 15) is 0 Å². The normalized spacial score (nSPS) is 13.3. The molecule has 1 aromatic heterocycles. The quantitative estimate of drug-likeness (QED) is 0.774. The van der Waals surface area contributed by atoms with Crippen molar-refractivity contribution in [2.75, 3.05) is 6.54 Å². The highest BCUT2D eigenvalue weighted by Crippen LogP contribution is 2.12. The molecule has 1 heterocycles. The van der Waals surface area contributed by atoms with E-state index < -0.39 is 0 Å². The van der Waals surface area contributed by atoms with Crippen LogP contribution in [0.2, 0.25) is 0 Å². The Morgan fingerprint density at radius 2 is 2.12 bits per heavy atom. The molecule has 0 bridgehead atoms. The second-order valence-electron chi connectivity index (χ2n) is 4.46. The van der Waals surface area contributed by atoms with Gasteiger partial charge in [0, 0.05) is 12.1 Å². The lowest BCUT2D eigenvalue weighted by atomic mass is 10.1. The molecule has 1 aromatic rings. The molecule has 0 aliphatic rings. The van der Waals surface area contributed by atoms with Crippen LogP contribution in [-0.2, 0) is 17.9 Å². The first kappa shape index (κ1) is 13.3.